The summed E-state index contributed by atoms with van der Waals surface area (Å²) in [6.45, 7) is 4.55. The van der Waals surface area contributed by atoms with Crippen LogP contribution >= 0.6 is 0 Å². The molecule has 0 aliphatic heterocycles. The van der Waals surface area contributed by atoms with E-state index < -0.39 is 17.9 Å². The fourth-order valence-corrected chi connectivity index (χ4v) is 3.28. The standard InChI is InChI=1S/C24H32N2O6/c1-4-31-16-32-15-21(25-23(27)19-10-8-17(2)9-11-19)14-20(24(28)26-29)12-18-6-5-7-22(13-18)30-3/h5-11,13,20-21,29H,4,12,14-16H2,1-3H3,(H,25,27)(H,26,28). The molecule has 0 saturated carbocycles. The van der Waals surface area contributed by atoms with Gasteiger partial charge < -0.3 is 19.5 Å². The summed E-state index contributed by atoms with van der Waals surface area (Å²) in [4.78, 5) is 25.2. The average Bonchev–Trinajstić information content (AvgIpc) is 2.81. The summed E-state index contributed by atoms with van der Waals surface area (Å²) in [7, 11) is 1.57. The highest BCUT2D eigenvalue weighted by atomic mass is 16.7. The van der Waals surface area contributed by atoms with Crippen LogP contribution in [0.25, 0.3) is 0 Å². The maximum Gasteiger partial charge on any atom is 0.251 e. The molecule has 8 heteroatoms. The summed E-state index contributed by atoms with van der Waals surface area (Å²) < 4.78 is 16.0. The number of hydrogen-bond acceptors (Lipinski definition) is 6. The number of hydroxylamine groups is 1. The van der Waals surface area contributed by atoms with Crippen molar-refractivity contribution in [1.82, 2.24) is 10.8 Å². The van der Waals surface area contributed by atoms with Gasteiger partial charge in [0.05, 0.1) is 19.8 Å². The molecule has 0 fully saturated rings. The largest absolute Gasteiger partial charge is 0.497 e. The van der Waals surface area contributed by atoms with Crippen LogP contribution in [0, 0.1) is 12.8 Å². The van der Waals surface area contributed by atoms with Gasteiger partial charge in [0, 0.05) is 18.1 Å². The number of methoxy groups -OCH3 is 1. The maximum absolute atomic E-state index is 12.8. The van der Waals surface area contributed by atoms with Crippen LogP contribution in [0.2, 0.25) is 0 Å². The molecule has 3 N–H and O–H groups in total. The van der Waals surface area contributed by atoms with Crippen LogP contribution < -0.4 is 15.5 Å². The molecule has 0 radical (unpaired) electrons. The van der Waals surface area contributed by atoms with Crippen LogP contribution in [-0.2, 0) is 20.7 Å². The third-order valence-corrected chi connectivity index (χ3v) is 5.01. The van der Waals surface area contributed by atoms with Gasteiger partial charge in [-0.25, -0.2) is 5.48 Å². The van der Waals surface area contributed by atoms with Gasteiger partial charge >= 0.3 is 0 Å². The van der Waals surface area contributed by atoms with E-state index in [9.17, 15) is 14.8 Å². The summed E-state index contributed by atoms with van der Waals surface area (Å²) in [6.07, 6.45) is 0.610. The molecular weight excluding hydrogens is 412 g/mol. The first-order valence-corrected chi connectivity index (χ1v) is 10.6. The van der Waals surface area contributed by atoms with E-state index in [2.05, 4.69) is 5.32 Å². The highest BCUT2D eigenvalue weighted by Gasteiger charge is 2.25. The van der Waals surface area contributed by atoms with Crippen LogP contribution in [0.4, 0.5) is 0 Å². The third-order valence-electron chi connectivity index (χ3n) is 5.01. The van der Waals surface area contributed by atoms with Crippen molar-refractivity contribution in [2.24, 2.45) is 5.92 Å². The Hall–Kier alpha value is -2.94. The average molecular weight is 445 g/mol. The van der Waals surface area contributed by atoms with Crippen molar-refractivity contribution in [3.8, 4) is 5.75 Å². The number of amides is 2. The molecule has 2 aromatic carbocycles. The molecular formula is C24H32N2O6. The first-order chi connectivity index (χ1) is 15.5. The zero-order chi connectivity index (χ0) is 23.3. The summed E-state index contributed by atoms with van der Waals surface area (Å²) >= 11 is 0. The summed E-state index contributed by atoms with van der Waals surface area (Å²) in [6, 6.07) is 14.1. The second-order valence-electron chi connectivity index (χ2n) is 7.48. The van der Waals surface area contributed by atoms with E-state index in [1.54, 1.807) is 24.7 Å². The lowest BCUT2D eigenvalue weighted by atomic mass is 9.92. The second kappa shape index (κ2) is 13.5. The lowest BCUT2D eigenvalue weighted by Gasteiger charge is -2.24. The zero-order valence-corrected chi connectivity index (χ0v) is 18.8. The lowest BCUT2D eigenvalue weighted by Crippen LogP contribution is -2.42. The van der Waals surface area contributed by atoms with Gasteiger partial charge in [0.15, 0.2) is 0 Å². The Labute approximate surface area is 188 Å². The third kappa shape index (κ3) is 8.30. The molecule has 2 aromatic rings. The van der Waals surface area contributed by atoms with Crippen molar-refractivity contribution >= 4 is 11.8 Å². The molecule has 2 rings (SSSR count). The first kappa shape index (κ1) is 25.3. The van der Waals surface area contributed by atoms with Gasteiger partial charge in [0.2, 0.25) is 5.91 Å². The topological polar surface area (TPSA) is 106 Å². The number of rotatable bonds is 13. The predicted molar refractivity (Wildman–Crippen MR) is 120 cm³/mol. The molecule has 0 aromatic heterocycles. The Morgan fingerprint density at radius 1 is 1.09 bits per heavy atom. The highest BCUT2D eigenvalue weighted by molar-refractivity contribution is 5.94. The van der Waals surface area contributed by atoms with Crippen LogP contribution in [0.3, 0.4) is 0 Å². The fourth-order valence-electron chi connectivity index (χ4n) is 3.28. The Balaban J connectivity index is 2.14. The summed E-state index contributed by atoms with van der Waals surface area (Å²) in [5.41, 5.74) is 4.18. The van der Waals surface area contributed by atoms with E-state index in [4.69, 9.17) is 14.2 Å². The Kier molecular flexibility index (Phi) is 10.7. The summed E-state index contributed by atoms with van der Waals surface area (Å²) in [5.74, 6) is -0.729. The second-order valence-corrected chi connectivity index (χ2v) is 7.48. The van der Waals surface area contributed by atoms with Crippen LogP contribution in [0.5, 0.6) is 5.75 Å². The van der Waals surface area contributed by atoms with Gasteiger partial charge in [-0.2, -0.15) is 0 Å². The monoisotopic (exact) mass is 444 g/mol. The number of ether oxygens (including phenoxy) is 3. The smallest absolute Gasteiger partial charge is 0.251 e. The molecule has 0 saturated heterocycles. The quantitative estimate of drug-likeness (QED) is 0.190. The van der Waals surface area contributed by atoms with E-state index in [0.29, 0.717) is 24.3 Å². The van der Waals surface area contributed by atoms with Crippen LogP contribution in [-0.4, -0.2) is 50.2 Å². The zero-order valence-electron chi connectivity index (χ0n) is 18.8. The van der Waals surface area contributed by atoms with E-state index in [1.807, 2.05) is 50.2 Å². The minimum absolute atomic E-state index is 0.0835. The van der Waals surface area contributed by atoms with Crippen molar-refractivity contribution < 1.29 is 29.0 Å². The molecule has 0 bridgehead atoms. The SMILES string of the molecule is CCOCOCC(CC(Cc1cccc(OC)c1)C(=O)NO)NC(=O)c1ccc(C)cc1. The fraction of sp³-hybridized carbons (Fsp3) is 0.417. The molecule has 32 heavy (non-hydrogen) atoms. The molecule has 0 aliphatic rings. The maximum atomic E-state index is 12.8. The van der Waals surface area contributed by atoms with Crippen molar-refractivity contribution in [3.05, 3.63) is 65.2 Å². The molecule has 2 atom stereocenters. The molecule has 2 amide bonds. The minimum atomic E-state index is -0.605. The van der Waals surface area contributed by atoms with Gasteiger partial charge in [0.25, 0.3) is 5.91 Å². The number of carbonyl (C=O) groups is 2. The molecule has 2 unspecified atom stereocenters. The number of aryl methyl sites for hydroxylation is 1. The van der Waals surface area contributed by atoms with Gasteiger partial charge in [0.1, 0.15) is 12.5 Å². The van der Waals surface area contributed by atoms with Crippen LogP contribution in [0.15, 0.2) is 48.5 Å². The first-order valence-electron chi connectivity index (χ1n) is 10.6. The minimum Gasteiger partial charge on any atom is -0.497 e. The molecule has 0 spiro atoms. The van der Waals surface area contributed by atoms with E-state index >= 15 is 0 Å². The summed E-state index contributed by atoms with van der Waals surface area (Å²) in [5, 5.41) is 12.2. The Morgan fingerprint density at radius 2 is 1.84 bits per heavy atom. The van der Waals surface area contributed by atoms with Gasteiger partial charge in [-0.3, -0.25) is 14.8 Å². The Bertz CT molecular complexity index is 856. The molecule has 8 nitrogen and oxygen atoms in total. The number of benzene rings is 2. The number of hydrogen-bond donors (Lipinski definition) is 3. The van der Waals surface area contributed by atoms with E-state index in [-0.39, 0.29) is 25.7 Å². The lowest BCUT2D eigenvalue weighted by molar-refractivity contribution is -0.134. The normalized spacial score (nSPS) is 12.6. The van der Waals surface area contributed by atoms with E-state index in [0.717, 1.165) is 11.1 Å². The predicted octanol–water partition coefficient (Wildman–Crippen LogP) is 2.87. The molecule has 0 aliphatic carbocycles. The van der Waals surface area contributed by atoms with Crippen molar-refractivity contribution in [2.75, 3.05) is 27.1 Å². The van der Waals surface area contributed by atoms with Gasteiger partial charge in [-0.05, 0) is 56.5 Å². The van der Waals surface area contributed by atoms with Crippen molar-refractivity contribution in [3.63, 3.8) is 0 Å². The molecule has 174 valence electrons. The van der Waals surface area contributed by atoms with Gasteiger partial charge in [-0.1, -0.05) is 29.8 Å². The van der Waals surface area contributed by atoms with Gasteiger partial charge in [-0.15, -0.1) is 0 Å². The number of carbonyl (C=O) groups excluding carboxylic acids is 2. The van der Waals surface area contributed by atoms with Crippen LogP contribution in [0.1, 0.15) is 34.8 Å². The van der Waals surface area contributed by atoms with Crippen molar-refractivity contribution in [2.45, 2.75) is 32.7 Å². The van der Waals surface area contributed by atoms with Crippen molar-refractivity contribution in [1.29, 1.82) is 0 Å². The van der Waals surface area contributed by atoms with E-state index in [1.165, 1.54) is 0 Å². The number of nitrogens with one attached hydrogen (secondary N) is 2. The molecule has 0 heterocycles. The Morgan fingerprint density at radius 3 is 2.50 bits per heavy atom. The highest BCUT2D eigenvalue weighted by Crippen LogP contribution is 2.20.